The average molecular weight is 254 g/mol. The van der Waals surface area contributed by atoms with E-state index < -0.39 is 5.41 Å². The molecule has 0 amide bonds. The minimum Gasteiger partial charge on any atom is -0.379 e. The van der Waals surface area contributed by atoms with Gasteiger partial charge in [0.05, 0.1) is 30.1 Å². The van der Waals surface area contributed by atoms with Crippen LogP contribution in [0, 0.1) is 18.3 Å². The van der Waals surface area contributed by atoms with Crippen LogP contribution < -0.4 is 5.32 Å². The molecule has 0 aliphatic carbocycles. The third-order valence-electron chi connectivity index (χ3n) is 3.28. The average Bonchev–Trinajstić information content (AvgIpc) is 2.82. The SMILES string of the molecule is Cc1[nH]cnc1CNc1ccc(C(C)(C)C#N)cc1. The maximum absolute atomic E-state index is 9.10. The van der Waals surface area contributed by atoms with Gasteiger partial charge in [-0.25, -0.2) is 4.98 Å². The molecule has 98 valence electrons. The van der Waals surface area contributed by atoms with Crippen molar-refractivity contribution in [3.05, 3.63) is 47.5 Å². The molecule has 1 aromatic heterocycles. The number of anilines is 1. The van der Waals surface area contributed by atoms with E-state index in [1.54, 1.807) is 6.33 Å². The molecule has 0 atom stereocenters. The maximum atomic E-state index is 9.10. The van der Waals surface area contributed by atoms with E-state index in [1.165, 1.54) is 0 Å². The Balaban J connectivity index is 2.04. The Bertz CT molecular complexity index is 587. The first-order valence-electron chi connectivity index (χ1n) is 6.27. The monoisotopic (exact) mass is 254 g/mol. The Kier molecular flexibility index (Phi) is 3.57. The number of hydrogen-bond acceptors (Lipinski definition) is 3. The number of benzene rings is 1. The van der Waals surface area contributed by atoms with Gasteiger partial charge in [-0.15, -0.1) is 0 Å². The Morgan fingerprint density at radius 1 is 1.32 bits per heavy atom. The van der Waals surface area contributed by atoms with Gasteiger partial charge in [-0.3, -0.25) is 0 Å². The van der Waals surface area contributed by atoms with E-state index in [1.807, 2.05) is 45.0 Å². The van der Waals surface area contributed by atoms with Gasteiger partial charge in [-0.2, -0.15) is 5.26 Å². The molecule has 1 heterocycles. The first-order valence-corrected chi connectivity index (χ1v) is 6.27. The van der Waals surface area contributed by atoms with Crippen molar-refractivity contribution < 1.29 is 0 Å². The van der Waals surface area contributed by atoms with Crippen LogP contribution >= 0.6 is 0 Å². The second kappa shape index (κ2) is 5.15. The highest BCUT2D eigenvalue weighted by Crippen LogP contribution is 2.23. The molecule has 19 heavy (non-hydrogen) atoms. The van der Waals surface area contributed by atoms with E-state index in [2.05, 4.69) is 21.4 Å². The summed E-state index contributed by atoms with van der Waals surface area (Å²) in [4.78, 5) is 7.29. The number of imidazole rings is 1. The van der Waals surface area contributed by atoms with Gasteiger partial charge < -0.3 is 10.3 Å². The van der Waals surface area contributed by atoms with Gasteiger partial charge in [0.1, 0.15) is 0 Å². The first kappa shape index (κ1) is 13.2. The lowest BCUT2D eigenvalue weighted by molar-refractivity contribution is 0.687. The van der Waals surface area contributed by atoms with E-state index in [0.29, 0.717) is 6.54 Å². The highest BCUT2D eigenvalue weighted by Gasteiger charge is 2.18. The molecule has 0 aliphatic heterocycles. The second-order valence-corrected chi connectivity index (χ2v) is 5.14. The molecule has 2 aromatic rings. The third kappa shape index (κ3) is 2.94. The van der Waals surface area contributed by atoms with Crippen molar-refractivity contribution in [2.75, 3.05) is 5.32 Å². The van der Waals surface area contributed by atoms with Crippen molar-refractivity contribution in [3.63, 3.8) is 0 Å². The Morgan fingerprint density at radius 3 is 2.53 bits per heavy atom. The van der Waals surface area contributed by atoms with E-state index in [0.717, 1.165) is 22.6 Å². The highest BCUT2D eigenvalue weighted by molar-refractivity contribution is 5.47. The minimum atomic E-state index is -0.447. The number of nitrogens with zero attached hydrogens (tertiary/aromatic N) is 2. The fourth-order valence-electron chi connectivity index (χ4n) is 1.82. The van der Waals surface area contributed by atoms with Crippen molar-refractivity contribution in [1.29, 1.82) is 5.26 Å². The summed E-state index contributed by atoms with van der Waals surface area (Å²) in [6, 6.07) is 10.3. The molecule has 0 saturated carbocycles. The first-order chi connectivity index (χ1) is 9.03. The van der Waals surface area contributed by atoms with Crippen LogP contribution in [-0.4, -0.2) is 9.97 Å². The van der Waals surface area contributed by atoms with Gasteiger partial charge in [0, 0.05) is 11.4 Å². The molecule has 1 aromatic carbocycles. The summed E-state index contributed by atoms with van der Waals surface area (Å²) in [6.45, 7) is 6.53. The van der Waals surface area contributed by atoms with Crippen LogP contribution in [0.3, 0.4) is 0 Å². The predicted molar refractivity (Wildman–Crippen MR) is 75.7 cm³/mol. The molecule has 0 saturated heterocycles. The van der Waals surface area contributed by atoms with E-state index in [-0.39, 0.29) is 0 Å². The van der Waals surface area contributed by atoms with Gasteiger partial charge in [-0.05, 0) is 38.5 Å². The number of aromatic amines is 1. The van der Waals surface area contributed by atoms with Gasteiger partial charge in [0.2, 0.25) is 0 Å². The highest BCUT2D eigenvalue weighted by atomic mass is 14.9. The van der Waals surface area contributed by atoms with Crippen LogP contribution in [0.5, 0.6) is 0 Å². The zero-order valence-corrected chi connectivity index (χ0v) is 11.5. The molecule has 4 heteroatoms. The molecule has 2 rings (SSSR count). The van der Waals surface area contributed by atoms with Crippen LogP contribution in [0.4, 0.5) is 5.69 Å². The van der Waals surface area contributed by atoms with Crippen LogP contribution in [0.15, 0.2) is 30.6 Å². The topological polar surface area (TPSA) is 64.5 Å². The lowest BCUT2D eigenvalue weighted by Crippen LogP contribution is -2.13. The second-order valence-electron chi connectivity index (χ2n) is 5.14. The summed E-state index contributed by atoms with van der Waals surface area (Å²) in [5.74, 6) is 0. The van der Waals surface area contributed by atoms with Gasteiger partial charge in [0.25, 0.3) is 0 Å². The van der Waals surface area contributed by atoms with Gasteiger partial charge >= 0.3 is 0 Å². The Labute approximate surface area is 113 Å². The van der Waals surface area contributed by atoms with Crippen LogP contribution in [0.25, 0.3) is 0 Å². The van der Waals surface area contributed by atoms with E-state index >= 15 is 0 Å². The molecular formula is C15H18N4. The summed E-state index contributed by atoms with van der Waals surface area (Å²) in [7, 11) is 0. The van der Waals surface area contributed by atoms with Crippen molar-refractivity contribution >= 4 is 5.69 Å². The largest absolute Gasteiger partial charge is 0.379 e. The van der Waals surface area contributed by atoms with E-state index in [9.17, 15) is 0 Å². The summed E-state index contributed by atoms with van der Waals surface area (Å²) in [6.07, 6.45) is 1.70. The van der Waals surface area contributed by atoms with Crippen LogP contribution in [0.2, 0.25) is 0 Å². The van der Waals surface area contributed by atoms with Crippen LogP contribution in [0.1, 0.15) is 30.8 Å². The normalized spacial score (nSPS) is 11.1. The Morgan fingerprint density at radius 2 is 2.00 bits per heavy atom. The number of rotatable bonds is 4. The Hall–Kier alpha value is -2.28. The molecule has 0 aliphatic rings. The molecule has 0 spiro atoms. The molecule has 0 fully saturated rings. The smallest absolute Gasteiger partial charge is 0.0925 e. The fraction of sp³-hybridized carbons (Fsp3) is 0.333. The molecule has 2 N–H and O–H groups in total. The molecule has 0 unspecified atom stereocenters. The fourth-order valence-corrected chi connectivity index (χ4v) is 1.82. The number of hydrogen-bond donors (Lipinski definition) is 2. The molecular weight excluding hydrogens is 236 g/mol. The van der Waals surface area contributed by atoms with Gasteiger partial charge in [-0.1, -0.05) is 12.1 Å². The zero-order valence-electron chi connectivity index (χ0n) is 11.5. The predicted octanol–water partition coefficient (Wildman–Crippen LogP) is 3.13. The third-order valence-corrected chi connectivity index (χ3v) is 3.28. The summed E-state index contributed by atoms with van der Waals surface area (Å²) < 4.78 is 0. The molecule has 0 bridgehead atoms. The van der Waals surface area contributed by atoms with Crippen molar-refractivity contribution in [2.24, 2.45) is 0 Å². The number of aryl methyl sites for hydroxylation is 1. The lowest BCUT2D eigenvalue weighted by atomic mass is 9.86. The van der Waals surface area contributed by atoms with Crippen LogP contribution in [-0.2, 0) is 12.0 Å². The number of aromatic nitrogens is 2. The quantitative estimate of drug-likeness (QED) is 0.881. The summed E-state index contributed by atoms with van der Waals surface area (Å²) in [5, 5.41) is 12.4. The number of nitrogens with one attached hydrogen (secondary N) is 2. The van der Waals surface area contributed by atoms with Crippen molar-refractivity contribution in [2.45, 2.75) is 32.7 Å². The standard InChI is InChI=1S/C15H18N4/c1-11-14(19-10-18-11)8-17-13-6-4-12(5-7-13)15(2,3)9-16/h4-7,10,17H,8H2,1-3H3,(H,18,19). The lowest BCUT2D eigenvalue weighted by Gasteiger charge is -2.16. The van der Waals surface area contributed by atoms with E-state index in [4.69, 9.17) is 5.26 Å². The summed E-state index contributed by atoms with van der Waals surface area (Å²) in [5.41, 5.74) is 3.70. The van der Waals surface area contributed by atoms with Gasteiger partial charge in [0.15, 0.2) is 0 Å². The molecule has 0 radical (unpaired) electrons. The maximum Gasteiger partial charge on any atom is 0.0925 e. The summed E-state index contributed by atoms with van der Waals surface area (Å²) >= 11 is 0. The molecule has 4 nitrogen and oxygen atoms in total. The number of H-pyrrole nitrogens is 1. The van der Waals surface area contributed by atoms with Crippen molar-refractivity contribution in [3.8, 4) is 6.07 Å². The van der Waals surface area contributed by atoms with Crippen molar-refractivity contribution in [1.82, 2.24) is 9.97 Å². The number of nitriles is 1. The zero-order chi connectivity index (χ0) is 13.9. The minimum absolute atomic E-state index is 0.447.